The van der Waals surface area contributed by atoms with E-state index in [0.717, 1.165) is 55.8 Å². The highest BCUT2D eigenvalue weighted by atomic mass is 16.6. The molecule has 4 aliphatic rings. The summed E-state index contributed by atoms with van der Waals surface area (Å²) in [6, 6.07) is 18.8. The molecule has 0 spiro atoms. The van der Waals surface area contributed by atoms with E-state index < -0.39 is 5.60 Å². The molecule has 0 bridgehead atoms. The third-order valence-corrected chi connectivity index (χ3v) is 12.9. The van der Waals surface area contributed by atoms with Gasteiger partial charge in [-0.15, -0.1) is 0 Å². The third kappa shape index (κ3) is 6.41. The molecular weight excluding hydrogens is 556 g/mol. The Labute approximate surface area is 271 Å². The first-order valence-electron chi connectivity index (χ1n) is 17.7. The van der Waals surface area contributed by atoms with Gasteiger partial charge in [-0.3, -0.25) is 0 Å². The van der Waals surface area contributed by atoms with Gasteiger partial charge in [0.15, 0.2) is 0 Å². The van der Waals surface area contributed by atoms with E-state index in [9.17, 15) is 9.59 Å². The molecule has 0 amide bonds. The quantitative estimate of drug-likeness (QED) is 0.209. The van der Waals surface area contributed by atoms with E-state index in [2.05, 4.69) is 40.7 Å². The van der Waals surface area contributed by atoms with Gasteiger partial charge in [-0.25, -0.2) is 9.59 Å². The van der Waals surface area contributed by atoms with Crippen molar-refractivity contribution in [3.05, 3.63) is 83.4 Å². The Kier molecular flexibility index (Phi) is 9.07. The van der Waals surface area contributed by atoms with E-state index in [1.165, 1.54) is 38.5 Å². The highest BCUT2D eigenvalue weighted by Gasteiger charge is 2.59. The Morgan fingerprint density at radius 2 is 1.53 bits per heavy atom. The molecule has 0 radical (unpaired) electrons. The zero-order valence-corrected chi connectivity index (χ0v) is 28.2. The van der Waals surface area contributed by atoms with Crippen LogP contribution in [0.1, 0.15) is 126 Å². The van der Waals surface area contributed by atoms with Gasteiger partial charge in [0.25, 0.3) is 0 Å². The van der Waals surface area contributed by atoms with Crippen LogP contribution >= 0.6 is 0 Å². The minimum absolute atomic E-state index is 0.00835. The van der Waals surface area contributed by atoms with Crippen molar-refractivity contribution in [1.82, 2.24) is 0 Å². The number of rotatable bonds is 9. The van der Waals surface area contributed by atoms with E-state index in [-0.39, 0.29) is 23.5 Å². The molecule has 0 saturated heterocycles. The van der Waals surface area contributed by atoms with Gasteiger partial charge in [-0.1, -0.05) is 75.2 Å². The standard InChI is InChI=1S/C41H54O4/c1-28(13-12-24-39(2,3)45-38(43)30-16-10-7-11-17-30)34-20-21-35-33-19-18-31-27-32(44-37(42)29-14-8-6-9-15-29)22-25-40(31,4)36(33)23-26-41(34,35)5/h6-11,14-18,28,32-36H,12-13,19-27H2,1-5H3/t28-,32?,33?,34?,35+,36?,40?,41?/m1/s1. The highest BCUT2D eigenvalue weighted by molar-refractivity contribution is 5.90. The SMILES string of the molecule is C[C@H](CCCC(C)(C)OC(=O)c1ccccc1)C1CC[C@H]2C3CC=C4CC(OC(=O)c5ccccc5)CCC4(C)C3CCC12C. The Hall–Kier alpha value is -2.88. The molecule has 8 atom stereocenters. The van der Waals surface area contributed by atoms with Gasteiger partial charge in [0.1, 0.15) is 11.7 Å². The summed E-state index contributed by atoms with van der Waals surface area (Å²) in [6.07, 6.45) is 15.3. The molecule has 3 saturated carbocycles. The molecule has 0 N–H and O–H groups in total. The van der Waals surface area contributed by atoms with Crippen molar-refractivity contribution < 1.29 is 19.1 Å². The Morgan fingerprint density at radius 3 is 2.22 bits per heavy atom. The van der Waals surface area contributed by atoms with Crippen molar-refractivity contribution in [3.63, 3.8) is 0 Å². The van der Waals surface area contributed by atoms with Crippen LogP contribution in [-0.4, -0.2) is 23.6 Å². The molecule has 0 aliphatic heterocycles. The van der Waals surface area contributed by atoms with Crippen LogP contribution in [-0.2, 0) is 9.47 Å². The number of ether oxygens (including phenoxy) is 2. The van der Waals surface area contributed by atoms with E-state index in [0.29, 0.717) is 22.5 Å². The summed E-state index contributed by atoms with van der Waals surface area (Å²) in [5.41, 5.74) is 3.02. The summed E-state index contributed by atoms with van der Waals surface area (Å²) in [4.78, 5) is 25.4. The molecule has 2 aromatic rings. The second kappa shape index (κ2) is 12.7. The molecule has 4 nitrogen and oxygen atoms in total. The Balaban J connectivity index is 1.04. The molecule has 4 aliphatic carbocycles. The van der Waals surface area contributed by atoms with Gasteiger partial charge < -0.3 is 9.47 Å². The van der Waals surface area contributed by atoms with Crippen LogP contribution in [0.5, 0.6) is 0 Å². The van der Waals surface area contributed by atoms with Crippen LogP contribution in [0.25, 0.3) is 0 Å². The molecule has 6 rings (SSSR count). The minimum Gasteiger partial charge on any atom is -0.458 e. The zero-order chi connectivity index (χ0) is 31.8. The fourth-order valence-electron chi connectivity index (χ4n) is 10.5. The molecule has 242 valence electrons. The van der Waals surface area contributed by atoms with Gasteiger partial charge >= 0.3 is 11.9 Å². The predicted molar refractivity (Wildman–Crippen MR) is 180 cm³/mol. The molecule has 2 aromatic carbocycles. The van der Waals surface area contributed by atoms with Crippen LogP contribution in [0.3, 0.4) is 0 Å². The smallest absolute Gasteiger partial charge is 0.338 e. The number of benzene rings is 2. The summed E-state index contributed by atoms with van der Waals surface area (Å²) in [7, 11) is 0. The topological polar surface area (TPSA) is 52.6 Å². The maximum absolute atomic E-state index is 12.8. The first-order chi connectivity index (χ1) is 21.5. The number of carbonyl (C=O) groups is 2. The summed E-state index contributed by atoms with van der Waals surface area (Å²) in [5, 5.41) is 0. The predicted octanol–water partition coefficient (Wildman–Crippen LogP) is 10.2. The molecular formula is C41H54O4. The monoisotopic (exact) mass is 610 g/mol. The lowest BCUT2D eigenvalue weighted by Gasteiger charge is -2.58. The summed E-state index contributed by atoms with van der Waals surface area (Å²) in [5.74, 6) is 3.36. The Morgan fingerprint density at radius 1 is 0.867 bits per heavy atom. The molecule has 0 aromatic heterocycles. The molecule has 0 heterocycles. The van der Waals surface area contributed by atoms with Crippen molar-refractivity contribution in [2.24, 2.45) is 40.4 Å². The van der Waals surface area contributed by atoms with E-state index in [1.54, 1.807) is 5.57 Å². The van der Waals surface area contributed by atoms with Crippen molar-refractivity contribution in [2.75, 3.05) is 0 Å². The summed E-state index contributed by atoms with van der Waals surface area (Å²) >= 11 is 0. The normalized spacial score (nSPS) is 33.2. The fraction of sp³-hybridized carbons (Fsp3) is 0.610. The van der Waals surface area contributed by atoms with E-state index in [1.807, 2.05) is 60.7 Å². The molecule has 45 heavy (non-hydrogen) atoms. The number of hydrogen-bond donors (Lipinski definition) is 0. The Bertz CT molecular complexity index is 1380. The van der Waals surface area contributed by atoms with E-state index in [4.69, 9.17) is 9.47 Å². The van der Waals surface area contributed by atoms with Crippen molar-refractivity contribution >= 4 is 11.9 Å². The van der Waals surface area contributed by atoms with Gasteiger partial charge in [0, 0.05) is 6.42 Å². The molecule has 6 unspecified atom stereocenters. The van der Waals surface area contributed by atoms with Crippen LogP contribution in [0.4, 0.5) is 0 Å². The van der Waals surface area contributed by atoms with Crippen LogP contribution in [0, 0.1) is 40.4 Å². The number of carbonyl (C=O) groups excluding carboxylic acids is 2. The molecule has 4 heteroatoms. The lowest BCUT2D eigenvalue weighted by atomic mass is 9.47. The third-order valence-electron chi connectivity index (χ3n) is 12.9. The van der Waals surface area contributed by atoms with Crippen molar-refractivity contribution in [2.45, 2.75) is 117 Å². The maximum Gasteiger partial charge on any atom is 0.338 e. The first kappa shape index (κ1) is 32.1. The van der Waals surface area contributed by atoms with Gasteiger partial charge in [-0.2, -0.15) is 0 Å². The van der Waals surface area contributed by atoms with Gasteiger partial charge in [0.2, 0.25) is 0 Å². The van der Waals surface area contributed by atoms with Crippen LogP contribution in [0.2, 0.25) is 0 Å². The lowest BCUT2D eigenvalue weighted by molar-refractivity contribution is -0.0598. The number of allylic oxidation sites excluding steroid dienone is 1. The van der Waals surface area contributed by atoms with Gasteiger partial charge in [0.05, 0.1) is 11.1 Å². The average molecular weight is 611 g/mol. The van der Waals surface area contributed by atoms with E-state index >= 15 is 0 Å². The van der Waals surface area contributed by atoms with Gasteiger partial charge in [-0.05, 0) is 136 Å². The van der Waals surface area contributed by atoms with Crippen molar-refractivity contribution in [3.8, 4) is 0 Å². The maximum atomic E-state index is 12.8. The van der Waals surface area contributed by atoms with Crippen LogP contribution in [0.15, 0.2) is 72.3 Å². The highest BCUT2D eigenvalue weighted by Crippen LogP contribution is 2.67. The zero-order valence-electron chi connectivity index (χ0n) is 28.2. The van der Waals surface area contributed by atoms with Crippen LogP contribution < -0.4 is 0 Å². The summed E-state index contributed by atoms with van der Waals surface area (Å²) in [6.45, 7) is 11.8. The molecule has 3 fully saturated rings. The summed E-state index contributed by atoms with van der Waals surface area (Å²) < 4.78 is 11.9. The number of esters is 2. The lowest BCUT2D eigenvalue weighted by Crippen LogP contribution is -2.51. The second-order valence-electron chi connectivity index (χ2n) is 16.0. The first-order valence-corrected chi connectivity index (χ1v) is 17.7. The number of fused-ring (bicyclic) bond motifs is 5. The minimum atomic E-state index is -0.465. The second-order valence-corrected chi connectivity index (χ2v) is 16.0. The fourth-order valence-corrected chi connectivity index (χ4v) is 10.5. The van der Waals surface area contributed by atoms with Crippen molar-refractivity contribution in [1.29, 1.82) is 0 Å². The average Bonchev–Trinajstić information content (AvgIpc) is 3.39. The largest absolute Gasteiger partial charge is 0.458 e. The number of hydrogen-bond acceptors (Lipinski definition) is 4.